The Bertz CT molecular complexity index is 10300. The quantitative estimate of drug-likeness (QED) is 0.155. The lowest BCUT2D eigenvalue weighted by Crippen LogP contribution is -1.93. The maximum atomic E-state index is 9.98. The maximum absolute atomic E-state index is 9.98. The van der Waals surface area contributed by atoms with Crippen LogP contribution < -0.4 is 0 Å². The van der Waals surface area contributed by atoms with Crippen LogP contribution >= 0.6 is 0 Å². The van der Waals surface area contributed by atoms with Crippen molar-refractivity contribution in [2.45, 2.75) is 0 Å². The lowest BCUT2D eigenvalue weighted by Gasteiger charge is -2.20. The molecule has 0 aliphatic carbocycles. The Morgan fingerprint density at radius 2 is 0.439 bits per heavy atom. The standard InChI is InChI=1S/C50H30O.C46H28O/c1-2-15-33-30-47-45(29-32(33)14-1)50-44(25-12-26-46(50)51-47)49-41-22-9-7-20-39(41)48(40-21-8-10-23-42(40)49)43-28-27-38(36-18-5-6-19-37(36)43)35-24-11-16-31-13-3-4-17-34(31)35;1-2-13-29(14-3-1)32-25-26-39(34-18-7-6-17-33(32)34)44-35-19-8-10-21-37(35)45(38-22-11-9-20-36(38)44)40-23-12-24-42-46(40)41-27-30-15-4-5-16-31(30)28-43(41)47-42/h1-30H;1-28H/i1D,2D,3D,4D,5D,6D,7D,8D,9D,10D,11D,12D,13D,14D,15D,16D,17D,18D,19D,20D,21D,22D,23D,24D,25D,26D,27D,28D,29D,30D;1D,2D,3D,4D,5D,6D,7D,8D,9D,10D,11D,12D,13D,14D,15D,16D,17D,18D,19D,20D,21D,22D,23D,24D,25D,26D,27D,28D. The number of hydrogen-bond acceptors (Lipinski definition) is 2. The summed E-state index contributed by atoms with van der Waals surface area (Å²) >= 11 is 0. The second-order valence-corrected chi connectivity index (χ2v) is 21.5. The monoisotopic (exact) mass is 1300 g/mol. The summed E-state index contributed by atoms with van der Waals surface area (Å²) in [5.41, 5.74) is -11.9. The van der Waals surface area contributed by atoms with E-state index in [4.69, 9.17) is 56.8 Å². The van der Waals surface area contributed by atoms with Crippen molar-refractivity contribution >= 4 is 141 Å². The summed E-state index contributed by atoms with van der Waals surface area (Å²) in [4.78, 5) is 0. The fourth-order valence-corrected chi connectivity index (χ4v) is 12.5. The first-order valence-corrected chi connectivity index (χ1v) is 29.1. The minimum Gasteiger partial charge on any atom is -0.456 e. The van der Waals surface area contributed by atoms with Gasteiger partial charge in [0.2, 0.25) is 0 Å². The van der Waals surface area contributed by atoms with Crippen molar-refractivity contribution < 1.29 is 88.3 Å². The molecule has 454 valence electrons. The van der Waals surface area contributed by atoms with Crippen LogP contribution in [0.4, 0.5) is 0 Å². The molecule has 0 saturated carbocycles. The summed E-state index contributed by atoms with van der Waals surface area (Å²) in [6.45, 7) is 0. The number of fused-ring (bicyclic) bond motifs is 15. The Hall–Kier alpha value is -12.9. The largest absolute Gasteiger partial charge is 0.456 e. The summed E-state index contributed by atoms with van der Waals surface area (Å²) < 4.78 is 539. The van der Waals surface area contributed by atoms with Gasteiger partial charge in [-0.3, -0.25) is 0 Å². The third kappa shape index (κ3) is 8.68. The van der Waals surface area contributed by atoms with Crippen LogP contribution in [0.25, 0.3) is 208 Å². The predicted molar refractivity (Wildman–Crippen MR) is 418 cm³/mol. The highest BCUT2D eigenvalue weighted by Crippen LogP contribution is 2.52. The number of benzene rings is 19. The van der Waals surface area contributed by atoms with Crippen molar-refractivity contribution in [1.82, 2.24) is 0 Å². The van der Waals surface area contributed by atoms with Crippen molar-refractivity contribution in [3.05, 3.63) is 350 Å². The van der Waals surface area contributed by atoms with Gasteiger partial charge in [-0.25, -0.2) is 0 Å². The van der Waals surface area contributed by atoms with Gasteiger partial charge in [-0.15, -0.1) is 0 Å². The molecule has 0 unspecified atom stereocenters. The fraction of sp³-hybridized carbons (Fsp3) is 0. The number of furan rings is 2. The highest BCUT2D eigenvalue weighted by Gasteiger charge is 2.25. The number of rotatable bonds is 6. The first-order chi connectivity index (χ1) is 72.8. The zero-order chi connectivity index (χ0) is 115. The molecule has 0 fully saturated rings. The molecule has 0 amide bonds. The van der Waals surface area contributed by atoms with Gasteiger partial charge in [-0.1, -0.05) is 314 Å². The van der Waals surface area contributed by atoms with Crippen LogP contribution in [-0.4, -0.2) is 0 Å². The molecule has 2 heteroatoms. The molecule has 21 aromatic rings. The number of hydrogen-bond donors (Lipinski definition) is 0. The van der Waals surface area contributed by atoms with E-state index in [9.17, 15) is 31.5 Å². The highest BCUT2D eigenvalue weighted by atomic mass is 16.3. The second-order valence-electron chi connectivity index (χ2n) is 21.5. The first-order valence-electron chi connectivity index (χ1n) is 58.1. The molecule has 0 aliphatic heterocycles. The smallest absolute Gasteiger partial charge is 0.136 e. The molecule has 2 heterocycles. The molecule has 2 aromatic heterocycles. The first kappa shape index (κ1) is 22.9. The molecular formula is C96H58O2. The van der Waals surface area contributed by atoms with Gasteiger partial charge in [0.25, 0.3) is 0 Å². The van der Waals surface area contributed by atoms with Crippen LogP contribution in [0.5, 0.6) is 0 Å². The molecule has 0 aliphatic rings. The normalized spacial score (nSPS) is 20.2. The molecule has 0 atom stereocenters. The van der Waals surface area contributed by atoms with Crippen LogP contribution in [-0.2, 0) is 0 Å². The topological polar surface area (TPSA) is 26.3 Å². The third-order valence-electron chi connectivity index (χ3n) is 16.5. The molecule has 0 spiro atoms. The summed E-state index contributed by atoms with van der Waals surface area (Å²) in [5.74, 6) is 0. The van der Waals surface area contributed by atoms with E-state index in [2.05, 4.69) is 0 Å². The van der Waals surface area contributed by atoms with E-state index in [1.807, 2.05) is 0 Å². The van der Waals surface area contributed by atoms with Crippen LogP contribution in [0.1, 0.15) is 79.5 Å². The van der Waals surface area contributed by atoms with Crippen molar-refractivity contribution in [2.24, 2.45) is 0 Å². The summed E-state index contributed by atoms with van der Waals surface area (Å²) in [6.07, 6.45) is 0. The highest BCUT2D eigenvalue weighted by molar-refractivity contribution is 6.30. The van der Waals surface area contributed by atoms with Gasteiger partial charge in [-0.2, -0.15) is 0 Å². The molecule has 0 N–H and O–H groups in total. The molecule has 0 saturated heterocycles. The SMILES string of the molecule is [2H]c1c([2H])c(-c2c3c([2H])c([2H])c([2H])c([2H])c3c(-c3c([2H])c([2H])c(-c4c([2H])c([2H])c([2H])c5c([2H])c([2H])c([2H])c([2H])c45)c4c([2H])c([2H])c([2H])c([2H])c34)c3c([2H])c([2H])c([2H])c([2H])c23)c2c(oc3c([2H])c4c([2H])c([2H])c([2H])c([2H])c4c([2H])c32)c1[2H].[2H]c1c([2H])c([2H])c(-c2c([2H])c([2H])c(-c3c4c([2H])c([2H])c([2H])c([2H])c4c(-c4c([2H])c([2H])c([2H])c5oc6c([2H])c7c([2H])c([2H])c([2H])c([2H])c7c([2H])c6c45)c4c([2H])c([2H])c([2H])c([2H])c34)c3c([2H])c([2H])c([2H])c([2H])c23)c([2H])c1[2H]. The van der Waals surface area contributed by atoms with Crippen LogP contribution in [0.2, 0.25) is 0 Å². The molecule has 2 nitrogen and oxygen atoms in total. The van der Waals surface area contributed by atoms with Gasteiger partial charge in [-0.05, 0) is 200 Å². The third-order valence-corrected chi connectivity index (χ3v) is 16.5. The Labute approximate surface area is 646 Å². The van der Waals surface area contributed by atoms with Crippen molar-refractivity contribution in [3.8, 4) is 66.8 Å². The molecular weight excluding hydrogens is 1190 g/mol. The van der Waals surface area contributed by atoms with Gasteiger partial charge in [0.1, 0.15) is 22.3 Å². The van der Waals surface area contributed by atoms with E-state index in [-0.39, 0.29) is 0 Å². The lowest BCUT2D eigenvalue weighted by molar-refractivity contribution is 0.669. The summed E-state index contributed by atoms with van der Waals surface area (Å²) in [5, 5.41) is -15.0. The van der Waals surface area contributed by atoms with E-state index in [1.165, 1.54) is 0 Å². The van der Waals surface area contributed by atoms with Crippen molar-refractivity contribution in [3.63, 3.8) is 0 Å². The van der Waals surface area contributed by atoms with Crippen LogP contribution in [0.15, 0.2) is 359 Å². The lowest BCUT2D eigenvalue weighted by atomic mass is 9.83. The Balaban J connectivity index is 0.000000188. The minimum absolute atomic E-state index is 0.492. The predicted octanol–water partition coefficient (Wildman–Crippen LogP) is 27.6. The van der Waals surface area contributed by atoms with Gasteiger partial charge in [0.15, 0.2) is 0 Å². The van der Waals surface area contributed by atoms with E-state index in [0.717, 1.165) is 0 Å². The molecule has 0 bridgehead atoms. The molecule has 98 heavy (non-hydrogen) atoms. The second kappa shape index (κ2) is 22.4. The van der Waals surface area contributed by atoms with Gasteiger partial charge >= 0.3 is 0 Å². The van der Waals surface area contributed by atoms with Gasteiger partial charge in [0.05, 0.1) is 79.5 Å². The minimum atomic E-state index is -1.15. The van der Waals surface area contributed by atoms with E-state index in [1.54, 1.807) is 0 Å². The maximum Gasteiger partial charge on any atom is 0.136 e. The fourth-order valence-electron chi connectivity index (χ4n) is 12.5. The summed E-state index contributed by atoms with van der Waals surface area (Å²) in [6, 6.07) is -55.3. The molecule has 0 radical (unpaired) electrons. The Kier molecular flexibility index (Phi) is 5.24. The Morgan fingerprint density at radius 3 is 0.867 bits per heavy atom. The van der Waals surface area contributed by atoms with E-state index < -0.39 is 558 Å². The van der Waals surface area contributed by atoms with Crippen molar-refractivity contribution in [2.75, 3.05) is 0 Å². The summed E-state index contributed by atoms with van der Waals surface area (Å²) in [7, 11) is 0. The van der Waals surface area contributed by atoms with Crippen molar-refractivity contribution in [1.29, 1.82) is 0 Å². The average Bonchev–Trinajstić information content (AvgIpc) is 1.47. The van der Waals surface area contributed by atoms with Gasteiger partial charge < -0.3 is 8.83 Å². The average molecular weight is 1300 g/mol. The van der Waals surface area contributed by atoms with Gasteiger partial charge in [0, 0.05) is 21.5 Å². The zero-order valence-electron chi connectivity index (χ0n) is 107. The van der Waals surface area contributed by atoms with Crippen LogP contribution in [0, 0.1) is 0 Å². The molecule has 19 aromatic carbocycles. The van der Waals surface area contributed by atoms with E-state index >= 15 is 0 Å². The van der Waals surface area contributed by atoms with Crippen LogP contribution in [0.3, 0.4) is 0 Å². The Morgan fingerprint density at radius 1 is 0.163 bits per heavy atom. The van der Waals surface area contributed by atoms with E-state index in [0.29, 0.717) is 0 Å². The molecule has 21 rings (SSSR count). The zero-order valence-corrected chi connectivity index (χ0v) is 48.8.